The zero-order valence-electron chi connectivity index (χ0n) is 19.4. The van der Waals surface area contributed by atoms with Crippen LogP contribution in [0.2, 0.25) is 0 Å². The zero-order valence-corrected chi connectivity index (χ0v) is 19.4. The van der Waals surface area contributed by atoms with Crippen LogP contribution in [0.15, 0.2) is 23.5 Å². The molecule has 2 aliphatic carbocycles. The summed E-state index contributed by atoms with van der Waals surface area (Å²) in [5.74, 6) is 0.745. The van der Waals surface area contributed by atoms with Crippen molar-refractivity contribution in [2.75, 3.05) is 7.05 Å². The number of rotatable bonds is 3. The van der Waals surface area contributed by atoms with Gasteiger partial charge in [-0.1, -0.05) is 39.8 Å². The van der Waals surface area contributed by atoms with Crippen LogP contribution in [0.5, 0.6) is 0 Å². The number of aliphatic hydroxyl groups excluding tert-OH is 1. The smallest absolute Gasteiger partial charge is 0.261 e. The number of carbonyl (C=O) groups is 2. The predicted octanol–water partition coefficient (Wildman–Crippen LogP) is 4.14. The van der Waals surface area contributed by atoms with Crippen LogP contribution in [0.1, 0.15) is 54.4 Å². The van der Waals surface area contributed by atoms with Crippen LogP contribution in [0.3, 0.4) is 0 Å². The van der Waals surface area contributed by atoms with Crippen LogP contribution in [-0.4, -0.2) is 46.5 Å². The monoisotopic (exact) mass is 415 g/mol. The largest absolute Gasteiger partial charge is 0.511 e. The molecule has 30 heavy (non-hydrogen) atoms. The zero-order chi connectivity index (χ0) is 22.1. The lowest BCUT2D eigenvalue weighted by Gasteiger charge is -2.48. The highest BCUT2D eigenvalue weighted by Gasteiger charge is 2.61. The van der Waals surface area contributed by atoms with Crippen molar-refractivity contribution in [3.8, 4) is 0 Å². The van der Waals surface area contributed by atoms with Crippen molar-refractivity contribution >= 4 is 11.7 Å². The third kappa shape index (κ3) is 3.07. The van der Waals surface area contributed by atoms with Gasteiger partial charge in [0, 0.05) is 18.9 Å². The molecule has 2 saturated heterocycles. The number of epoxide rings is 1. The lowest BCUT2D eigenvalue weighted by Crippen LogP contribution is -2.45. The van der Waals surface area contributed by atoms with Gasteiger partial charge >= 0.3 is 0 Å². The van der Waals surface area contributed by atoms with Crippen molar-refractivity contribution in [3.63, 3.8) is 0 Å². The fourth-order valence-corrected chi connectivity index (χ4v) is 6.86. The van der Waals surface area contributed by atoms with E-state index in [1.807, 2.05) is 13.8 Å². The molecule has 4 aliphatic rings. The fraction of sp³-hybridized carbons (Fsp3) is 0.760. The van der Waals surface area contributed by atoms with Gasteiger partial charge in [-0.25, -0.2) is 0 Å². The molecule has 1 amide bonds. The standard InChI is InChI=1S/C25H37NO4/c1-12(2)21-23(28)20(24(29)26(21)7)22(27)19-17(25(6)15(5)30-25)9-8-16-11-13(3)10-14(4)18(16)19/h8-9,12-19,21,27H,10-11H2,1-7H3/b22-20-/t13-,14+,15-,16-,17?,18+,19+,21-,25+/m0/s1. The third-order valence-corrected chi connectivity index (χ3v) is 8.48. The Balaban J connectivity index is 1.82. The molecular weight excluding hydrogens is 378 g/mol. The maximum Gasteiger partial charge on any atom is 0.261 e. The SMILES string of the molecule is CC(C)[C@H]1C(=O)/C(=C(/O)[C@@H]2C([C@]3(C)O[C@H]3C)C=C[C@H]3C[C@@H](C)C[C@@H](C)[C@@H]23)C(=O)N1C. The maximum absolute atomic E-state index is 13.3. The molecule has 0 aromatic rings. The second kappa shape index (κ2) is 7.22. The minimum atomic E-state index is -0.501. The molecule has 0 spiro atoms. The van der Waals surface area contributed by atoms with Crippen LogP contribution < -0.4 is 0 Å². The van der Waals surface area contributed by atoms with E-state index in [0.29, 0.717) is 17.8 Å². The molecule has 0 aromatic heterocycles. The number of likely N-dealkylation sites (tertiary alicyclic amines) is 1. The van der Waals surface area contributed by atoms with Crippen molar-refractivity contribution in [2.45, 2.75) is 72.1 Å². The quantitative estimate of drug-likeness (QED) is 0.247. The van der Waals surface area contributed by atoms with Gasteiger partial charge in [0.2, 0.25) is 0 Å². The number of likely N-dealkylation sites (N-methyl/N-ethyl adjacent to an activating group) is 1. The number of hydrogen-bond acceptors (Lipinski definition) is 4. The fourth-order valence-electron chi connectivity index (χ4n) is 6.86. The summed E-state index contributed by atoms with van der Waals surface area (Å²) in [6, 6.07) is -0.501. The molecule has 166 valence electrons. The normalized spacial score (nSPS) is 47.7. The molecule has 0 aromatic carbocycles. The van der Waals surface area contributed by atoms with E-state index < -0.39 is 6.04 Å². The summed E-state index contributed by atoms with van der Waals surface area (Å²) < 4.78 is 5.99. The van der Waals surface area contributed by atoms with E-state index in [-0.39, 0.29) is 58.4 Å². The maximum atomic E-state index is 13.3. The number of amides is 1. The molecule has 2 heterocycles. The minimum absolute atomic E-state index is 0.00491. The molecule has 1 N–H and O–H groups in total. The van der Waals surface area contributed by atoms with Gasteiger partial charge in [-0.3, -0.25) is 9.59 Å². The number of hydrogen-bond donors (Lipinski definition) is 1. The first kappa shape index (κ1) is 21.6. The Bertz CT molecular complexity index is 814. The van der Waals surface area contributed by atoms with E-state index in [0.717, 1.165) is 12.8 Å². The first-order chi connectivity index (χ1) is 14.0. The van der Waals surface area contributed by atoms with Crippen LogP contribution in [0.25, 0.3) is 0 Å². The summed E-state index contributed by atoms with van der Waals surface area (Å²) in [4.78, 5) is 27.8. The molecule has 1 unspecified atom stereocenters. The number of Topliss-reactive ketones (excluding diaryl/α,β-unsaturated/α-hetero) is 1. The number of ketones is 1. The van der Waals surface area contributed by atoms with E-state index in [1.54, 1.807) is 7.05 Å². The van der Waals surface area contributed by atoms with E-state index in [2.05, 4.69) is 39.8 Å². The van der Waals surface area contributed by atoms with Gasteiger partial charge in [-0.15, -0.1) is 0 Å². The third-order valence-electron chi connectivity index (χ3n) is 8.48. The average molecular weight is 416 g/mol. The summed E-state index contributed by atoms with van der Waals surface area (Å²) in [7, 11) is 1.67. The van der Waals surface area contributed by atoms with Crippen LogP contribution in [0.4, 0.5) is 0 Å². The molecule has 5 heteroatoms. The summed E-state index contributed by atoms with van der Waals surface area (Å²) in [6.45, 7) is 12.6. The Hall–Kier alpha value is -1.62. The van der Waals surface area contributed by atoms with Crippen LogP contribution in [0, 0.1) is 41.4 Å². The topological polar surface area (TPSA) is 70.1 Å². The second-order valence-electron chi connectivity index (χ2n) is 10.9. The van der Waals surface area contributed by atoms with Gasteiger partial charge in [0.05, 0.1) is 17.7 Å². The summed E-state index contributed by atoms with van der Waals surface area (Å²) in [5.41, 5.74) is -0.347. The van der Waals surface area contributed by atoms with Crippen molar-refractivity contribution in [3.05, 3.63) is 23.5 Å². The highest BCUT2D eigenvalue weighted by Crippen LogP contribution is 2.57. The second-order valence-corrected chi connectivity index (χ2v) is 10.9. The van der Waals surface area contributed by atoms with Gasteiger partial charge in [0.25, 0.3) is 5.91 Å². The Morgan fingerprint density at radius 2 is 1.83 bits per heavy atom. The Kier molecular flexibility index (Phi) is 5.20. The molecule has 2 aliphatic heterocycles. The van der Waals surface area contributed by atoms with Gasteiger partial charge in [-0.05, 0) is 56.3 Å². The molecule has 5 nitrogen and oxygen atoms in total. The van der Waals surface area contributed by atoms with Crippen LogP contribution >= 0.6 is 0 Å². The summed E-state index contributed by atoms with van der Waals surface area (Å²) in [5, 5.41) is 11.6. The van der Waals surface area contributed by atoms with Crippen molar-refractivity contribution in [1.29, 1.82) is 0 Å². The molecule has 9 atom stereocenters. The predicted molar refractivity (Wildman–Crippen MR) is 116 cm³/mol. The number of nitrogens with zero attached hydrogens (tertiary/aromatic N) is 1. The lowest BCUT2D eigenvalue weighted by atomic mass is 9.56. The van der Waals surface area contributed by atoms with Crippen molar-refractivity contribution in [1.82, 2.24) is 4.90 Å². The molecule has 0 radical (unpaired) electrons. The lowest BCUT2D eigenvalue weighted by molar-refractivity contribution is -0.126. The van der Waals surface area contributed by atoms with Crippen LogP contribution in [-0.2, 0) is 14.3 Å². The van der Waals surface area contributed by atoms with E-state index >= 15 is 0 Å². The molecule has 4 rings (SSSR count). The number of aliphatic hydroxyl groups is 1. The van der Waals surface area contributed by atoms with Gasteiger partial charge in [-0.2, -0.15) is 0 Å². The number of ether oxygens (including phenoxy) is 1. The molecule has 3 fully saturated rings. The molecule has 0 bridgehead atoms. The highest BCUT2D eigenvalue weighted by molar-refractivity contribution is 6.26. The summed E-state index contributed by atoms with van der Waals surface area (Å²) in [6.07, 6.45) is 6.80. The van der Waals surface area contributed by atoms with Gasteiger partial charge in [0.15, 0.2) is 5.78 Å². The van der Waals surface area contributed by atoms with Gasteiger partial charge < -0.3 is 14.7 Å². The first-order valence-corrected chi connectivity index (χ1v) is 11.6. The molecule has 1 saturated carbocycles. The van der Waals surface area contributed by atoms with Crippen molar-refractivity contribution < 1.29 is 19.4 Å². The Labute approximate surface area is 180 Å². The Morgan fingerprint density at radius 1 is 1.20 bits per heavy atom. The number of allylic oxidation sites excluding steroid dienone is 2. The van der Waals surface area contributed by atoms with E-state index in [4.69, 9.17) is 4.74 Å². The van der Waals surface area contributed by atoms with Gasteiger partial charge in [0.1, 0.15) is 11.3 Å². The average Bonchev–Trinajstić information content (AvgIpc) is 3.19. The number of fused-ring (bicyclic) bond motifs is 1. The number of carbonyl (C=O) groups excluding carboxylic acids is 2. The summed E-state index contributed by atoms with van der Waals surface area (Å²) >= 11 is 0. The first-order valence-electron chi connectivity index (χ1n) is 11.6. The van der Waals surface area contributed by atoms with Crippen molar-refractivity contribution in [2.24, 2.45) is 41.4 Å². The van der Waals surface area contributed by atoms with E-state index in [9.17, 15) is 14.7 Å². The Morgan fingerprint density at radius 3 is 2.37 bits per heavy atom. The minimum Gasteiger partial charge on any atom is -0.511 e. The highest BCUT2D eigenvalue weighted by atomic mass is 16.6. The van der Waals surface area contributed by atoms with E-state index in [1.165, 1.54) is 4.90 Å². The molecular formula is C25H37NO4.